The SMILES string of the molecule is CCOc1ccc2c(O[C@@H]3C[C@H]4C(=O)N[C@]5(C(=O)NS(=O)(=O)C6CC6)C[C@H]5/C=C\CC[C@@H](C)C[C@@H](CC)CC(=O)N4C3)nccc2c1. The number of hydrogen-bond acceptors (Lipinski definition) is 8. The lowest BCUT2D eigenvalue weighted by molar-refractivity contribution is -0.140. The van der Waals surface area contributed by atoms with Crippen molar-refractivity contribution in [3.8, 4) is 11.6 Å². The molecule has 2 aromatic rings. The van der Waals surface area contributed by atoms with E-state index in [1.807, 2.05) is 43.3 Å². The van der Waals surface area contributed by atoms with Crippen molar-refractivity contribution in [2.75, 3.05) is 13.2 Å². The molecular formula is C35H46N4O7S. The molecule has 4 aliphatic rings. The molecule has 1 aromatic carbocycles. The van der Waals surface area contributed by atoms with Crippen LogP contribution < -0.4 is 19.5 Å². The van der Waals surface area contributed by atoms with Gasteiger partial charge in [0, 0.05) is 30.3 Å². The molecule has 12 heteroatoms. The van der Waals surface area contributed by atoms with Crippen LogP contribution in [0.1, 0.15) is 78.6 Å². The van der Waals surface area contributed by atoms with E-state index in [-0.39, 0.29) is 30.7 Å². The zero-order valence-corrected chi connectivity index (χ0v) is 28.3. The second kappa shape index (κ2) is 13.4. The summed E-state index contributed by atoms with van der Waals surface area (Å²) in [6.45, 7) is 6.94. The van der Waals surface area contributed by atoms with Gasteiger partial charge in [0.2, 0.25) is 27.7 Å². The van der Waals surface area contributed by atoms with E-state index in [2.05, 4.69) is 28.9 Å². The number of allylic oxidation sites excluding steroid dienone is 1. The summed E-state index contributed by atoms with van der Waals surface area (Å²) in [5.74, 6) is 0.0366. The van der Waals surface area contributed by atoms with Gasteiger partial charge in [-0.1, -0.05) is 32.4 Å². The number of benzene rings is 1. The molecule has 6 rings (SSSR count). The van der Waals surface area contributed by atoms with Crippen LogP contribution >= 0.6 is 0 Å². The minimum atomic E-state index is -3.81. The fraction of sp³-hybridized carbons (Fsp3) is 0.600. The minimum Gasteiger partial charge on any atom is -0.494 e. The first-order chi connectivity index (χ1) is 22.5. The van der Waals surface area contributed by atoms with Gasteiger partial charge >= 0.3 is 0 Å². The van der Waals surface area contributed by atoms with Crippen LogP contribution in [0.15, 0.2) is 42.6 Å². The van der Waals surface area contributed by atoms with Crippen LogP contribution in [0.3, 0.4) is 0 Å². The molecule has 2 aliphatic heterocycles. The number of hydrogen-bond donors (Lipinski definition) is 2. The summed E-state index contributed by atoms with van der Waals surface area (Å²) in [6.07, 6.45) is 10.4. The first-order valence-corrected chi connectivity index (χ1v) is 18.6. The Hall–Kier alpha value is -3.67. The number of pyridine rings is 1. The molecule has 47 heavy (non-hydrogen) atoms. The van der Waals surface area contributed by atoms with Gasteiger partial charge in [-0.25, -0.2) is 13.4 Å². The molecule has 11 nitrogen and oxygen atoms in total. The zero-order chi connectivity index (χ0) is 33.3. The van der Waals surface area contributed by atoms with Crippen LogP contribution in [0.4, 0.5) is 0 Å². The molecule has 2 aliphatic carbocycles. The molecule has 3 amide bonds. The number of nitrogens with zero attached hydrogens (tertiary/aromatic N) is 2. The van der Waals surface area contributed by atoms with Gasteiger partial charge in [0.15, 0.2) is 0 Å². The van der Waals surface area contributed by atoms with Crippen molar-refractivity contribution in [1.29, 1.82) is 0 Å². The molecule has 1 saturated heterocycles. The van der Waals surface area contributed by atoms with E-state index in [1.54, 1.807) is 11.1 Å². The first-order valence-electron chi connectivity index (χ1n) is 17.0. The Morgan fingerprint density at radius 2 is 1.96 bits per heavy atom. The number of rotatable bonds is 8. The fourth-order valence-corrected chi connectivity index (χ4v) is 8.46. The van der Waals surface area contributed by atoms with Crippen LogP contribution in [0.5, 0.6) is 11.6 Å². The van der Waals surface area contributed by atoms with Crippen LogP contribution in [-0.4, -0.2) is 72.1 Å². The highest BCUT2D eigenvalue weighted by Crippen LogP contribution is 2.46. The molecule has 0 spiro atoms. The smallest absolute Gasteiger partial charge is 0.259 e. The predicted octanol–water partition coefficient (Wildman–Crippen LogP) is 4.26. The highest BCUT2D eigenvalue weighted by Gasteiger charge is 2.62. The standard InChI is InChI=1S/C35H46N4O7S/c1-4-23-16-22(3)8-6-7-9-25-20-35(25,34(42)38-47(43,44)28-11-12-28)37-32(41)30-19-27(21-39(30)31(40)17-23)46-33-29-13-10-26(45-5-2)18-24(29)14-15-36-33/h7,9-10,13-15,18,22-23,25,27-28,30H,4-6,8,11-12,16-17,19-21H2,1-3H3,(H,37,41)(H,38,42)/b9-7-/t22-,23-,25-,27-,30+,35-/m1/s1. The first kappa shape index (κ1) is 33.2. The maximum absolute atomic E-state index is 14.1. The summed E-state index contributed by atoms with van der Waals surface area (Å²) in [5.41, 5.74) is -1.39. The number of sulfonamides is 1. The van der Waals surface area contributed by atoms with Gasteiger partial charge in [0.25, 0.3) is 5.91 Å². The van der Waals surface area contributed by atoms with E-state index in [0.29, 0.717) is 44.1 Å². The molecule has 254 valence electrons. The maximum atomic E-state index is 14.1. The number of carbonyl (C=O) groups is 3. The van der Waals surface area contributed by atoms with E-state index in [1.165, 1.54) is 0 Å². The third-order valence-corrected chi connectivity index (χ3v) is 11.9. The number of aromatic nitrogens is 1. The average molecular weight is 667 g/mol. The number of carbonyl (C=O) groups excluding carboxylic acids is 3. The predicted molar refractivity (Wildman–Crippen MR) is 177 cm³/mol. The number of fused-ring (bicyclic) bond motifs is 3. The lowest BCUT2D eigenvalue weighted by Gasteiger charge is -2.28. The third kappa shape index (κ3) is 7.27. The number of nitrogens with one attached hydrogen (secondary N) is 2. The van der Waals surface area contributed by atoms with Crippen molar-refractivity contribution in [3.63, 3.8) is 0 Å². The summed E-state index contributed by atoms with van der Waals surface area (Å²) in [6, 6.07) is 6.66. The molecule has 1 aromatic heterocycles. The molecule has 0 radical (unpaired) electrons. The molecule has 6 atom stereocenters. The summed E-state index contributed by atoms with van der Waals surface area (Å²) >= 11 is 0. The van der Waals surface area contributed by atoms with Gasteiger partial charge in [-0.2, -0.15) is 0 Å². The fourth-order valence-electron chi connectivity index (χ4n) is 7.10. The Labute approximate surface area is 276 Å². The van der Waals surface area contributed by atoms with Gasteiger partial charge in [-0.15, -0.1) is 0 Å². The Morgan fingerprint density at radius 3 is 2.70 bits per heavy atom. The largest absolute Gasteiger partial charge is 0.494 e. The van der Waals surface area contributed by atoms with E-state index >= 15 is 0 Å². The molecule has 2 saturated carbocycles. The summed E-state index contributed by atoms with van der Waals surface area (Å²) in [7, 11) is -3.81. The molecule has 0 unspecified atom stereocenters. The van der Waals surface area contributed by atoms with Gasteiger partial charge in [-0.05, 0) is 86.9 Å². The highest BCUT2D eigenvalue weighted by atomic mass is 32.2. The summed E-state index contributed by atoms with van der Waals surface area (Å²) < 4.78 is 39.8. The minimum absolute atomic E-state index is 0.127. The van der Waals surface area contributed by atoms with Gasteiger partial charge in [0.1, 0.15) is 23.4 Å². The van der Waals surface area contributed by atoms with Crippen molar-refractivity contribution in [2.45, 2.75) is 101 Å². The second-order valence-corrected chi connectivity index (χ2v) is 15.7. The Morgan fingerprint density at radius 1 is 1.15 bits per heavy atom. The molecule has 3 heterocycles. The van der Waals surface area contributed by atoms with E-state index in [4.69, 9.17) is 9.47 Å². The average Bonchev–Trinajstić information content (AvgIpc) is 3.96. The van der Waals surface area contributed by atoms with Gasteiger partial charge in [-0.3, -0.25) is 19.1 Å². The Balaban J connectivity index is 1.27. The lowest BCUT2D eigenvalue weighted by Crippen LogP contribution is -2.56. The Kier molecular flexibility index (Phi) is 9.51. The van der Waals surface area contributed by atoms with Crippen LogP contribution in [0.25, 0.3) is 10.8 Å². The van der Waals surface area contributed by atoms with E-state index in [0.717, 1.165) is 42.2 Å². The maximum Gasteiger partial charge on any atom is 0.259 e. The lowest BCUT2D eigenvalue weighted by atomic mass is 9.88. The molecule has 2 N–H and O–H groups in total. The second-order valence-electron chi connectivity index (χ2n) is 13.7. The van der Waals surface area contributed by atoms with Gasteiger partial charge in [0.05, 0.1) is 18.4 Å². The van der Waals surface area contributed by atoms with Crippen molar-refractivity contribution in [2.24, 2.45) is 17.8 Å². The van der Waals surface area contributed by atoms with Crippen LogP contribution in [0.2, 0.25) is 0 Å². The van der Waals surface area contributed by atoms with Crippen LogP contribution in [-0.2, 0) is 24.4 Å². The monoisotopic (exact) mass is 666 g/mol. The normalized spacial score (nSPS) is 30.7. The zero-order valence-electron chi connectivity index (χ0n) is 27.4. The highest BCUT2D eigenvalue weighted by molar-refractivity contribution is 7.91. The summed E-state index contributed by atoms with van der Waals surface area (Å²) in [4.78, 5) is 47.7. The molecular weight excluding hydrogens is 620 g/mol. The quantitative estimate of drug-likeness (QED) is 0.398. The summed E-state index contributed by atoms with van der Waals surface area (Å²) in [5, 5.41) is 4.04. The van der Waals surface area contributed by atoms with Crippen molar-refractivity contribution in [1.82, 2.24) is 19.9 Å². The third-order valence-electron chi connectivity index (χ3n) is 10.1. The van der Waals surface area contributed by atoms with Crippen molar-refractivity contribution >= 4 is 38.5 Å². The molecule has 0 bridgehead atoms. The molecule has 3 fully saturated rings. The number of amides is 3. The number of ether oxygens (including phenoxy) is 2. The van der Waals surface area contributed by atoms with Crippen LogP contribution in [0, 0.1) is 17.8 Å². The topological polar surface area (TPSA) is 144 Å². The van der Waals surface area contributed by atoms with Crippen molar-refractivity contribution < 1.29 is 32.3 Å². The van der Waals surface area contributed by atoms with Crippen molar-refractivity contribution in [3.05, 3.63) is 42.6 Å². The van der Waals surface area contributed by atoms with E-state index < -0.39 is 44.8 Å². The van der Waals surface area contributed by atoms with E-state index in [9.17, 15) is 22.8 Å². The Bertz CT molecular complexity index is 1660. The van der Waals surface area contributed by atoms with Gasteiger partial charge < -0.3 is 19.7 Å².